The van der Waals surface area contributed by atoms with Crippen molar-refractivity contribution in [1.82, 2.24) is 18.8 Å². The fraction of sp³-hybridized carbons (Fsp3) is 0.632. The van der Waals surface area contributed by atoms with Gasteiger partial charge in [0.15, 0.2) is 11.5 Å². The van der Waals surface area contributed by atoms with Gasteiger partial charge in [0.2, 0.25) is 5.91 Å². The molecule has 1 amide bonds. The summed E-state index contributed by atoms with van der Waals surface area (Å²) in [6.45, 7) is 4.19. The molecule has 1 aromatic rings. The third-order valence-corrected chi connectivity index (χ3v) is 7.55. The van der Waals surface area contributed by atoms with E-state index in [0.29, 0.717) is 58.2 Å². The summed E-state index contributed by atoms with van der Waals surface area (Å²) >= 11 is 0. The molecular weight excluding hydrogens is 396 g/mol. The van der Waals surface area contributed by atoms with Crippen LogP contribution in [0.2, 0.25) is 0 Å². The monoisotopic (exact) mass is 424 g/mol. The van der Waals surface area contributed by atoms with Gasteiger partial charge in [-0.3, -0.25) is 9.69 Å². The fourth-order valence-corrected chi connectivity index (χ4v) is 5.52. The van der Waals surface area contributed by atoms with Crippen LogP contribution in [0.3, 0.4) is 0 Å². The van der Waals surface area contributed by atoms with Gasteiger partial charge < -0.3 is 14.8 Å². The van der Waals surface area contributed by atoms with Crippen LogP contribution in [0.15, 0.2) is 24.3 Å². The highest BCUT2D eigenvalue weighted by atomic mass is 32.2. The van der Waals surface area contributed by atoms with E-state index in [1.807, 2.05) is 29.2 Å². The largest absolute Gasteiger partial charge is 0.486 e. The highest BCUT2D eigenvalue weighted by Gasteiger charge is 2.34. The lowest BCUT2D eigenvalue weighted by Gasteiger charge is -2.35. The number of hydrogen-bond donors (Lipinski definition) is 1. The Hall–Kier alpha value is -1.88. The molecule has 2 fully saturated rings. The maximum atomic E-state index is 12.6. The molecule has 0 aliphatic carbocycles. The first-order valence-corrected chi connectivity index (χ1v) is 11.5. The molecule has 0 radical (unpaired) electrons. The number of carbonyl (C=O) groups excluding carboxylic acids is 1. The van der Waals surface area contributed by atoms with Crippen molar-refractivity contribution in [3.05, 3.63) is 24.3 Å². The number of rotatable bonds is 6. The van der Waals surface area contributed by atoms with Gasteiger partial charge >= 0.3 is 0 Å². The van der Waals surface area contributed by atoms with Gasteiger partial charge in [-0.15, -0.1) is 0 Å². The minimum atomic E-state index is -3.35. The summed E-state index contributed by atoms with van der Waals surface area (Å²) in [5, 5.41) is 2.89. The first-order chi connectivity index (χ1) is 14.0. The van der Waals surface area contributed by atoms with E-state index in [4.69, 9.17) is 9.47 Å². The SMILES string of the molecule is O=C(CN1CCN(S(=O)(=O)N2CCCC2)CC1)NC[C@H]1COc2ccccc2O1. The molecule has 0 aromatic heterocycles. The van der Waals surface area contributed by atoms with Gasteiger partial charge in [-0.2, -0.15) is 17.0 Å². The topological polar surface area (TPSA) is 91.4 Å². The van der Waals surface area contributed by atoms with Crippen LogP contribution in [0.25, 0.3) is 0 Å². The molecular formula is C19H28N4O5S. The standard InChI is InChI=1S/C19H28N4O5S/c24-19(20-13-16-15-27-17-5-1-2-6-18(17)28-16)14-21-9-11-23(12-10-21)29(25,26)22-7-3-4-8-22/h1-2,5-6,16H,3-4,7-15H2,(H,20,24)/t16-/m0/s1. The molecule has 160 valence electrons. The van der Waals surface area contributed by atoms with E-state index in [2.05, 4.69) is 5.32 Å². The third-order valence-electron chi connectivity index (χ3n) is 5.51. The second-order valence-corrected chi connectivity index (χ2v) is 9.52. The highest BCUT2D eigenvalue weighted by Crippen LogP contribution is 2.30. The third kappa shape index (κ3) is 4.82. The van der Waals surface area contributed by atoms with E-state index in [-0.39, 0.29) is 18.6 Å². The van der Waals surface area contributed by atoms with Gasteiger partial charge in [0, 0.05) is 39.3 Å². The normalized spacial score (nSPS) is 23.8. The van der Waals surface area contributed by atoms with Crippen LogP contribution in [-0.2, 0) is 15.0 Å². The maximum absolute atomic E-state index is 12.6. The molecule has 0 bridgehead atoms. The molecule has 1 atom stereocenters. The lowest BCUT2D eigenvalue weighted by Crippen LogP contribution is -2.54. The Kier molecular flexibility index (Phi) is 6.23. The molecule has 9 nitrogen and oxygen atoms in total. The van der Waals surface area contributed by atoms with Crippen LogP contribution >= 0.6 is 0 Å². The van der Waals surface area contributed by atoms with Crippen LogP contribution in [0.1, 0.15) is 12.8 Å². The lowest BCUT2D eigenvalue weighted by atomic mass is 10.2. The van der Waals surface area contributed by atoms with Crippen molar-refractivity contribution >= 4 is 16.1 Å². The number of benzene rings is 1. The Balaban J connectivity index is 1.19. The Labute approximate surface area is 171 Å². The molecule has 1 N–H and O–H groups in total. The van der Waals surface area contributed by atoms with Crippen molar-refractivity contribution in [3.8, 4) is 11.5 Å². The van der Waals surface area contributed by atoms with Crippen LogP contribution < -0.4 is 14.8 Å². The van der Waals surface area contributed by atoms with Gasteiger partial charge in [0.05, 0.1) is 13.1 Å². The van der Waals surface area contributed by atoms with Crippen molar-refractivity contribution in [2.24, 2.45) is 0 Å². The number of carbonyl (C=O) groups is 1. The summed E-state index contributed by atoms with van der Waals surface area (Å²) in [5.41, 5.74) is 0. The number of ether oxygens (including phenoxy) is 2. The zero-order valence-corrected chi connectivity index (χ0v) is 17.3. The predicted octanol–water partition coefficient (Wildman–Crippen LogP) is -0.0992. The quantitative estimate of drug-likeness (QED) is 0.686. The van der Waals surface area contributed by atoms with Gasteiger partial charge in [-0.05, 0) is 25.0 Å². The lowest BCUT2D eigenvalue weighted by molar-refractivity contribution is -0.123. The summed E-state index contributed by atoms with van der Waals surface area (Å²) < 4.78 is 39.8. The highest BCUT2D eigenvalue weighted by molar-refractivity contribution is 7.86. The zero-order chi connectivity index (χ0) is 20.3. The minimum absolute atomic E-state index is 0.0942. The molecule has 3 aliphatic rings. The second-order valence-electron chi connectivity index (χ2n) is 7.59. The Bertz CT molecular complexity index is 820. The van der Waals surface area contributed by atoms with Crippen LogP contribution in [0.4, 0.5) is 0 Å². The van der Waals surface area contributed by atoms with Crippen LogP contribution in [-0.4, -0.2) is 92.9 Å². The molecule has 1 aromatic carbocycles. The molecule has 3 heterocycles. The minimum Gasteiger partial charge on any atom is -0.486 e. The van der Waals surface area contributed by atoms with E-state index in [1.165, 1.54) is 4.31 Å². The van der Waals surface area contributed by atoms with E-state index in [1.54, 1.807) is 4.31 Å². The smallest absolute Gasteiger partial charge is 0.282 e. The Morgan fingerprint density at radius 3 is 2.38 bits per heavy atom. The van der Waals surface area contributed by atoms with E-state index < -0.39 is 10.2 Å². The number of nitrogens with zero attached hydrogens (tertiary/aromatic N) is 3. The van der Waals surface area contributed by atoms with E-state index in [0.717, 1.165) is 18.6 Å². The molecule has 29 heavy (non-hydrogen) atoms. The Morgan fingerprint density at radius 2 is 1.66 bits per heavy atom. The zero-order valence-electron chi connectivity index (χ0n) is 16.5. The number of hydrogen-bond acceptors (Lipinski definition) is 6. The van der Waals surface area contributed by atoms with Crippen molar-refractivity contribution in [2.45, 2.75) is 18.9 Å². The molecule has 0 saturated carbocycles. The molecule has 10 heteroatoms. The molecule has 3 aliphatic heterocycles. The maximum Gasteiger partial charge on any atom is 0.282 e. The number of nitrogens with one attached hydrogen (secondary N) is 1. The van der Waals surface area contributed by atoms with Crippen LogP contribution in [0.5, 0.6) is 11.5 Å². The van der Waals surface area contributed by atoms with Gasteiger partial charge in [-0.25, -0.2) is 0 Å². The number of piperazine rings is 1. The molecule has 0 spiro atoms. The first kappa shape index (κ1) is 20.4. The second kappa shape index (κ2) is 8.86. The first-order valence-electron chi connectivity index (χ1n) is 10.1. The van der Waals surface area contributed by atoms with Gasteiger partial charge in [-0.1, -0.05) is 12.1 Å². The van der Waals surface area contributed by atoms with Gasteiger partial charge in [0.25, 0.3) is 10.2 Å². The molecule has 2 saturated heterocycles. The number of para-hydroxylation sites is 2. The summed E-state index contributed by atoms with van der Waals surface area (Å²) in [5.74, 6) is 1.31. The average Bonchev–Trinajstić information content (AvgIpc) is 3.28. The summed E-state index contributed by atoms with van der Waals surface area (Å²) in [4.78, 5) is 14.3. The predicted molar refractivity (Wildman–Crippen MR) is 107 cm³/mol. The van der Waals surface area contributed by atoms with Crippen LogP contribution in [0, 0.1) is 0 Å². The summed E-state index contributed by atoms with van der Waals surface area (Å²) in [7, 11) is -3.35. The number of amides is 1. The van der Waals surface area contributed by atoms with Crippen molar-refractivity contribution in [2.75, 3.05) is 59.0 Å². The van der Waals surface area contributed by atoms with Gasteiger partial charge in [0.1, 0.15) is 12.7 Å². The van der Waals surface area contributed by atoms with E-state index in [9.17, 15) is 13.2 Å². The van der Waals surface area contributed by atoms with Crippen molar-refractivity contribution in [3.63, 3.8) is 0 Å². The molecule has 4 rings (SSSR count). The number of fused-ring (bicyclic) bond motifs is 1. The Morgan fingerprint density at radius 1 is 1.00 bits per heavy atom. The van der Waals surface area contributed by atoms with E-state index >= 15 is 0 Å². The van der Waals surface area contributed by atoms with Crippen molar-refractivity contribution in [1.29, 1.82) is 0 Å². The molecule has 0 unspecified atom stereocenters. The summed E-state index contributed by atoms with van der Waals surface area (Å²) in [6, 6.07) is 7.47. The fourth-order valence-electron chi connectivity index (χ4n) is 3.85. The average molecular weight is 425 g/mol. The summed E-state index contributed by atoms with van der Waals surface area (Å²) in [6.07, 6.45) is 1.64. The van der Waals surface area contributed by atoms with Crippen molar-refractivity contribution < 1.29 is 22.7 Å².